The number of aliphatic hydroxyl groups excluding tert-OH is 1. The second-order valence-corrected chi connectivity index (χ2v) is 4.10. The molecular weight excluding hydrogens is 216 g/mol. The summed E-state index contributed by atoms with van der Waals surface area (Å²) in [5.74, 6) is 0.603. The largest absolute Gasteiger partial charge is 0.484 e. The summed E-state index contributed by atoms with van der Waals surface area (Å²) in [7, 11) is 0. The molecule has 0 unspecified atom stereocenters. The quantitative estimate of drug-likeness (QED) is 0.839. The Morgan fingerprint density at radius 1 is 1.47 bits per heavy atom. The Balaban J connectivity index is 2.12. The number of aliphatic hydroxyl groups is 1. The van der Waals surface area contributed by atoms with Crippen molar-refractivity contribution >= 4 is 11.6 Å². The van der Waals surface area contributed by atoms with Crippen LogP contribution in [0.25, 0.3) is 0 Å². The van der Waals surface area contributed by atoms with Gasteiger partial charge in [0.2, 0.25) is 0 Å². The molecule has 2 atom stereocenters. The van der Waals surface area contributed by atoms with Crippen LogP contribution in [0.2, 0.25) is 5.02 Å². The summed E-state index contributed by atoms with van der Waals surface area (Å²) in [5.41, 5.74) is 1.07. The standard InChI is InChI=1S/C11H13ClO3/c1-7-2-3-8(12)10(4-7)15-11-6-14-5-9(11)13/h2-4,9,11,13H,5-6H2,1H3/t9-,11-/m0/s1. The van der Waals surface area contributed by atoms with Crippen LogP contribution in [0.5, 0.6) is 5.75 Å². The van der Waals surface area contributed by atoms with E-state index in [9.17, 15) is 5.11 Å². The Hall–Kier alpha value is -0.770. The highest BCUT2D eigenvalue weighted by Crippen LogP contribution is 2.27. The molecule has 0 radical (unpaired) electrons. The van der Waals surface area contributed by atoms with Gasteiger partial charge in [0.15, 0.2) is 0 Å². The van der Waals surface area contributed by atoms with Crippen molar-refractivity contribution < 1.29 is 14.6 Å². The van der Waals surface area contributed by atoms with Crippen molar-refractivity contribution in [2.45, 2.75) is 19.1 Å². The van der Waals surface area contributed by atoms with Crippen molar-refractivity contribution in [1.29, 1.82) is 0 Å². The molecule has 0 aliphatic carbocycles. The summed E-state index contributed by atoms with van der Waals surface area (Å²) in [6, 6.07) is 5.55. The minimum Gasteiger partial charge on any atom is -0.484 e. The number of hydrogen-bond acceptors (Lipinski definition) is 3. The summed E-state index contributed by atoms with van der Waals surface area (Å²) >= 11 is 5.97. The minimum atomic E-state index is -0.568. The van der Waals surface area contributed by atoms with E-state index in [4.69, 9.17) is 21.1 Å². The van der Waals surface area contributed by atoms with E-state index in [1.54, 1.807) is 6.07 Å². The molecular formula is C11H13ClO3. The zero-order valence-electron chi connectivity index (χ0n) is 8.44. The third kappa shape index (κ3) is 2.43. The molecule has 1 fully saturated rings. The van der Waals surface area contributed by atoms with Crippen molar-refractivity contribution in [2.75, 3.05) is 13.2 Å². The van der Waals surface area contributed by atoms with Crippen molar-refractivity contribution in [3.05, 3.63) is 28.8 Å². The van der Waals surface area contributed by atoms with E-state index in [1.165, 1.54) is 0 Å². The normalized spacial score (nSPS) is 25.5. The molecule has 0 spiro atoms. The fraction of sp³-hybridized carbons (Fsp3) is 0.455. The second kappa shape index (κ2) is 4.39. The van der Waals surface area contributed by atoms with Crippen LogP contribution >= 0.6 is 11.6 Å². The molecule has 0 bridgehead atoms. The fourth-order valence-corrected chi connectivity index (χ4v) is 1.66. The Morgan fingerprint density at radius 3 is 2.93 bits per heavy atom. The Labute approximate surface area is 93.6 Å². The first-order chi connectivity index (χ1) is 7.16. The topological polar surface area (TPSA) is 38.7 Å². The lowest BCUT2D eigenvalue weighted by atomic mass is 10.2. The van der Waals surface area contributed by atoms with Crippen LogP contribution in [0, 0.1) is 6.92 Å². The van der Waals surface area contributed by atoms with E-state index < -0.39 is 6.10 Å². The van der Waals surface area contributed by atoms with Gasteiger partial charge in [0, 0.05) is 0 Å². The van der Waals surface area contributed by atoms with E-state index >= 15 is 0 Å². The molecule has 82 valence electrons. The van der Waals surface area contributed by atoms with Crippen molar-refractivity contribution in [1.82, 2.24) is 0 Å². The predicted octanol–water partition coefficient (Wildman–Crippen LogP) is 1.79. The molecule has 1 aliphatic heterocycles. The van der Waals surface area contributed by atoms with Gasteiger partial charge in [-0.2, -0.15) is 0 Å². The molecule has 1 aromatic carbocycles. The van der Waals surface area contributed by atoms with Gasteiger partial charge in [0.05, 0.1) is 18.2 Å². The number of aryl methyl sites for hydroxylation is 1. The molecule has 0 amide bonds. The second-order valence-electron chi connectivity index (χ2n) is 3.69. The first kappa shape index (κ1) is 10.7. The van der Waals surface area contributed by atoms with Gasteiger partial charge in [-0.15, -0.1) is 0 Å². The van der Waals surface area contributed by atoms with Crippen LogP contribution in [0.4, 0.5) is 0 Å². The summed E-state index contributed by atoms with van der Waals surface area (Å²) in [4.78, 5) is 0. The van der Waals surface area contributed by atoms with Gasteiger partial charge in [-0.1, -0.05) is 17.7 Å². The zero-order valence-corrected chi connectivity index (χ0v) is 9.20. The first-order valence-electron chi connectivity index (χ1n) is 4.85. The maximum absolute atomic E-state index is 9.52. The number of hydrogen-bond donors (Lipinski definition) is 1. The Bertz CT molecular complexity index is 354. The first-order valence-corrected chi connectivity index (χ1v) is 5.23. The third-order valence-electron chi connectivity index (χ3n) is 2.36. The average Bonchev–Trinajstić information content (AvgIpc) is 2.58. The number of benzene rings is 1. The van der Waals surface area contributed by atoms with Gasteiger partial charge < -0.3 is 14.6 Å². The third-order valence-corrected chi connectivity index (χ3v) is 2.68. The van der Waals surface area contributed by atoms with Crippen molar-refractivity contribution in [3.8, 4) is 5.75 Å². The molecule has 1 saturated heterocycles. The van der Waals surface area contributed by atoms with Crippen molar-refractivity contribution in [3.63, 3.8) is 0 Å². The molecule has 1 N–H and O–H groups in total. The average molecular weight is 229 g/mol. The maximum Gasteiger partial charge on any atom is 0.150 e. The van der Waals surface area contributed by atoms with E-state index in [2.05, 4.69) is 0 Å². The lowest BCUT2D eigenvalue weighted by Gasteiger charge is -2.16. The SMILES string of the molecule is Cc1ccc(Cl)c(O[C@H]2COC[C@@H]2O)c1. The lowest BCUT2D eigenvalue weighted by molar-refractivity contribution is 0.0734. The molecule has 4 heteroatoms. The van der Waals surface area contributed by atoms with E-state index in [0.717, 1.165) is 5.56 Å². The molecule has 1 heterocycles. The molecule has 1 aromatic rings. The Kier molecular flexibility index (Phi) is 3.14. The molecule has 2 rings (SSSR count). The van der Waals surface area contributed by atoms with Crippen LogP contribution in [0.3, 0.4) is 0 Å². The zero-order chi connectivity index (χ0) is 10.8. The molecule has 1 aliphatic rings. The van der Waals surface area contributed by atoms with Crippen LogP contribution in [-0.2, 0) is 4.74 Å². The highest BCUT2D eigenvalue weighted by molar-refractivity contribution is 6.32. The van der Waals surface area contributed by atoms with Gasteiger partial charge in [0.25, 0.3) is 0 Å². The van der Waals surface area contributed by atoms with Crippen LogP contribution < -0.4 is 4.74 Å². The van der Waals surface area contributed by atoms with Gasteiger partial charge in [-0.25, -0.2) is 0 Å². The minimum absolute atomic E-state index is 0.315. The van der Waals surface area contributed by atoms with E-state index in [-0.39, 0.29) is 6.10 Å². The summed E-state index contributed by atoms with van der Waals surface area (Å²) < 4.78 is 10.7. The summed E-state index contributed by atoms with van der Waals surface area (Å²) in [6.45, 7) is 2.70. The molecule has 0 aromatic heterocycles. The predicted molar refractivity (Wildman–Crippen MR) is 57.4 cm³/mol. The van der Waals surface area contributed by atoms with Gasteiger partial charge in [-0.05, 0) is 24.6 Å². The summed E-state index contributed by atoms with van der Waals surface area (Å²) in [6.07, 6.45) is -0.883. The van der Waals surface area contributed by atoms with Crippen molar-refractivity contribution in [2.24, 2.45) is 0 Å². The van der Waals surface area contributed by atoms with Crippen LogP contribution in [0.15, 0.2) is 18.2 Å². The maximum atomic E-state index is 9.52. The number of ether oxygens (including phenoxy) is 2. The number of halogens is 1. The Morgan fingerprint density at radius 2 is 2.27 bits per heavy atom. The summed E-state index contributed by atoms with van der Waals surface area (Å²) in [5, 5.41) is 10.1. The smallest absolute Gasteiger partial charge is 0.150 e. The molecule has 0 saturated carbocycles. The molecule has 3 nitrogen and oxygen atoms in total. The van der Waals surface area contributed by atoms with E-state index in [0.29, 0.717) is 24.0 Å². The van der Waals surface area contributed by atoms with Gasteiger partial charge in [0.1, 0.15) is 18.0 Å². The fourth-order valence-electron chi connectivity index (χ4n) is 1.50. The highest BCUT2D eigenvalue weighted by Gasteiger charge is 2.28. The van der Waals surface area contributed by atoms with Gasteiger partial charge in [-0.3, -0.25) is 0 Å². The highest BCUT2D eigenvalue weighted by atomic mass is 35.5. The van der Waals surface area contributed by atoms with Crippen LogP contribution in [-0.4, -0.2) is 30.5 Å². The monoisotopic (exact) mass is 228 g/mol. The number of rotatable bonds is 2. The van der Waals surface area contributed by atoms with Gasteiger partial charge >= 0.3 is 0 Å². The lowest BCUT2D eigenvalue weighted by Crippen LogP contribution is -2.29. The molecule has 15 heavy (non-hydrogen) atoms. The van der Waals surface area contributed by atoms with Crippen LogP contribution in [0.1, 0.15) is 5.56 Å². The van der Waals surface area contributed by atoms with E-state index in [1.807, 2.05) is 19.1 Å².